The van der Waals surface area contributed by atoms with Gasteiger partial charge in [-0.25, -0.2) is 0 Å². The summed E-state index contributed by atoms with van der Waals surface area (Å²) >= 11 is 0. The van der Waals surface area contributed by atoms with Crippen molar-refractivity contribution < 1.29 is 0 Å². The zero-order valence-electron chi connectivity index (χ0n) is 8.46. The third-order valence-corrected chi connectivity index (χ3v) is 3.07. The van der Waals surface area contributed by atoms with Crippen LogP contribution in [0.3, 0.4) is 0 Å². The van der Waals surface area contributed by atoms with Crippen LogP contribution in [0.15, 0.2) is 24.3 Å². The predicted molar refractivity (Wildman–Crippen MR) is 55.8 cm³/mol. The zero-order chi connectivity index (χ0) is 9.26. The van der Waals surface area contributed by atoms with Gasteiger partial charge in [0.2, 0.25) is 0 Å². The molecule has 0 radical (unpaired) electrons. The van der Waals surface area contributed by atoms with E-state index in [1.165, 1.54) is 19.4 Å². The molecule has 0 spiro atoms. The number of hydrogen-bond acceptors (Lipinski definition) is 1. The highest BCUT2D eigenvalue weighted by molar-refractivity contribution is 5.32. The summed E-state index contributed by atoms with van der Waals surface area (Å²) in [6.45, 7) is 3.47. The number of benzene rings is 1. The van der Waals surface area contributed by atoms with Gasteiger partial charge in [0.15, 0.2) is 0 Å². The Bertz CT molecular complexity index is 293. The second-order valence-corrected chi connectivity index (χ2v) is 3.85. The minimum Gasteiger partial charge on any atom is -0.299 e. The first-order valence-corrected chi connectivity index (χ1v) is 5.11. The van der Waals surface area contributed by atoms with Crippen LogP contribution in [0.25, 0.3) is 0 Å². The van der Waals surface area contributed by atoms with Gasteiger partial charge in [-0.2, -0.15) is 0 Å². The maximum Gasteiger partial charge on any atom is 0.0345 e. The first-order valence-electron chi connectivity index (χ1n) is 5.11. The molecule has 0 unspecified atom stereocenters. The summed E-state index contributed by atoms with van der Waals surface area (Å²) in [7, 11) is 2.23. The van der Waals surface area contributed by atoms with Crippen LogP contribution in [-0.4, -0.2) is 18.5 Å². The van der Waals surface area contributed by atoms with E-state index in [0.717, 1.165) is 0 Å². The molecule has 70 valence electrons. The molecule has 1 aromatic rings. The van der Waals surface area contributed by atoms with E-state index in [0.29, 0.717) is 6.04 Å². The molecule has 0 amide bonds. The molecule has 2 rings (SSSR count). The van der Waals surface area contributed by atoms with Crippen molar-refractivity contribution in [3.05, 3.63) is 35.4 Å². The molecule has 0 bridgehead atoms. The third kappa shape index (κ3) is 1.49. The Morgan fingerprint density at radius 3 is 2.92 bits per heavy atom. The van der Waals surface area contributed by atoms with E-state index < -0.39 is 0 Å². The monoisotopic (exact) mass is 175 g/mol. The lowest BCUT2D eigenvalue weighted by atomic mass is 9.92. The maximum absolute atomic E-state index is 2.46. The molecule has 1 heterocycles. The van der Waals surface area contributed by atoms with Crippen molar-refractivity contribution >= 4 is 0 Å². The number of hydrogen-bond donors (Lipinski definition) is 0. The average Bonchev–Trinajstić information content (AvgIpc) is 2.18. The fourth-order valence-electron chi connectivity index (χ4n) is 2.31. The van der Waals surface area contributed by atoms with Crippen molar-refractivity contribution in [2.75, 3.05) is 13.6 Å². The smallest absolute Gasteiger partial charge is 0.0345 e. The molecule has 1 nitrogen and oxygen atoms in total. The highest BCUT2D eigenvalue weighted by atomic mass is 15.1. The van der Waals surface area contributed by atoms with E-state index in [1.807, 2.05) is 0 Å². The topological polar surface area (TPSA) is 3.24 Å². The second kappa shape index (κ2) is 3.51. The van der Waals surface area contributed by atoms with Gasteiger partial charge < -0.3 is 0 Å². The summed E-state index contributed by atoms with van der Waals surface area (Å²) in [5.74, 6) is 0. The van der Waals surface area contributed by atoms with Crippen molar-refractivity contribution in [1.82, 2.24) is 4.90 Å². The minimum absolute atomic E-state index is 0.643. The summed E-state index contributed by atoms with van der Waals surface area (Å²) in [5.41, 5.74) is 3.09. The van der Waals surface area contributed by atoms with Gasteiger partial charge in [-0.1, -0.05) is 31.2 Å². The van der Waals surface area contributed by atoms with Gasteiger partial charge in [-0.05, 0) is 31.0 Å². The first kappa shape index (κ1) is 8.76. The maximum atomic E-state index is 2.46. The fourth-order valence-corrected chi connectivity index (χ4v) is 2.31. The average molecular weight is 175 g/mol. The van der Waals surface area contributed by atoms with Gasteiger partial charge in [0.05, 0.1) is 0 Å². The Morgan fingerprint density at radius 2 is 2.15 bits per heavy atom. The molecule has 0 aliphatic carbocycles. The SMILES string of the molecule is CC[C@H]1c2ccccc2CCN1C. The lowest BCUT2D eigenvalue weighted by Gasteiger charge is -2.33. The quantitative estimate of drug-likeness (QED) is 0.634. The number of rotatable bonds is 1. The van der Waals surface area contributed by atoms with Crippen LogP contribution in [0.1, 0.15) is 30.5 Å². The molecule has 1 aliphatic rings. The molecule has 1 atom stereocenters. The fraction of sp³-hybridized carbons (Fsp3) is 0.500. The van der Waals surface area contributed by atoms with E-state index in [-0.39, 0.29) is 0 Å². The molecule has 0 saturated heterocycles. The highest BCUT2D eigenvalue weighted by Crippen LogP contribution is 2.30. The van der Waals surface area contributed by atoms with Gasteiger partial charge in [-0.15, -0.1) is 0 Å². The van der Waals surface area contributed by atoms with Crippen molar-refractivity contribution in [2.24, 2.45) is 0 Å². The third-order valence-electron chi connectivity index (χ3n) is 3.07. The zero-order valence-corrected chi connectivity index (χ0v) is 8.46. The number of nitrogens with zero attached hydrogens (tertiary/aromatic N) is 1. The predicted octanol–water partition coefficient (Wildman–Crippen LogP) is 2.63. The summed E-state index contributed by atoms with van der Waals surface area (Å²) in [6.07, 6.45) is 2.43. The second-order valence-electron chi connectivity index (χ2n) is 3.85. The molecule has 1 heteroatoms. The molecule has 0 N–H and O–H groups in total. The Labute approximate surface area is 80.4 Å². The number of fused-ring (bicyclic) bond motifs is 1. The largest absolute Gasteiger partial charge is 0.299 e. The first-order chi connectivity index (χ1) is 6.33. The molecule has 1 aromatic carbocycles. The van der Waals surface area contributed by atoms with Crippen LogP contribution >= 0.6 is 0 Å². The Kier molecular flexibility index (Phi) is 2.36. The van der Waals surface area contributed by atoms with Crippen LogP contribution in [-0.2, 0) is 6.42 Å². The van der Waals surface area contributed by atoms with Crippen LogP contribution in [0, 0.1) is 0 Å². The Morgan fingerprint density at radius 1 is 1.38 bits per heavy atom. The van der Waals surface area contributed by atoms with Crippen molar-refractivity contribution in [1.29, 1.82) is 0 Å². The van der Waals surface area contributed by atoms with Gasteiger partial charge >= 0.3 is 0 Å². The Balaban J connectivity index is 2.39. The summed E-state index contributed by atoms with van der Waals surface area (Å²) in [6, 6.07) is 9.49. The molecule has 13 heavy (non-hydrogen) atoms. The molecule has 0 saturated carbocycles. The van der Waals surface area contributed by atoms with Crippen LogP contribution in [0.4, 0.5) is 0 Å². The molecule has 0 aromatic heterocycles. The summed E-state index contributed by atoms with van der Waals surface area (Å²) < 4.78 is 0. The van der Waals surface area contributed by atoms with Crippen molar-refractivity contribution in [2.45, 2.75) is 25.8 Å². The standard InChI is InChI=1S/C12H17N/c1-3-12-11-7-5-4-6-10(11)8-9-13(12)2/h4-7,12H,3,8-9H2,1-2H3/t12-/m0/s1. The van der Waals surface area contributed by atoms with Gasteiger partial charge in [0.1, 0.15) is 0 Å². The molecular weight excluding hydrogens is 158 g/mol. The summed E-state index contributed by atoms with van der Waals surface area (Å²) in [4.78, 5) is 2.46. The molecule has 0 fully saturated rings. The van der Waals surface area contributed by atoms with Gasteiger partial charge in [-0.3, -0.25) is 4.90 Å². The van der Waals surface area contributed by atoms with Gasteiger partial charge in [0.25, 0.3) is 0 Å². The van der Waals surface area contributed by atoms with Gasteiger partial charge in [0, 0.05) is 12.6 Å². The van der Waals surface area contributed by atoms with E-state index >= 15 is 0 Å². The summed E-state index contributed by atoms with van der Waals surface area (Å²) in [5, 5.41) is 0. The normalized spacial score (nSPS) is 22.8. The molecule has 1 aliphatic heterocycles. The van der Waals surface area contributed by atoms with Crippen LogP contribution in [0.2, 0.25) is 0 Å². The van der Waals surface area contributed by atoms with E-state index in [9.17, 15) is 0 Å². The van der Waals surface area contributed by atoms with E-state index in [2.05, 4.69) is 43.1 Å². The van der Waals surface area contributed by atoms with Crippen LogP contribution in [0.5, 0.6) is 0 Å². The van der Waals surface area contributed by atoms with Crippen LogP contribution < -0.4 is 0 Å². The lowest BCUT2D eigenvalue weighted by Crippen LogP contribution is -2.31. The molecular formula is C12H17N. The van der Waals surface area contributed by atoms with E-state index in [4.69, 9.17) is 0 Å². The minimum atomic E-state index is 0.643. The highest BCUT2D eigenvalue weighted by Gasteiger charge is 2.21. The van der Waals surface area contributed by atoms with Crippen molar-refractivity contribution in [3.63, 3.8) is 0 Å². The Hall–Kier alpha value is -0.820. The van der Waals surface area contributed by atoms with E-state index in [1.54, 1.807) is 11.1 Å². The van der Waals surface area contributed by atoms with Crippen molar-refractivity contribution in [3.8, 4) is 0 Å². The lowest BCUT2D eigenvalue weighted by molar-refractivity contribution is 0.225. The number of likely N-dealkylation sites (N-methyl/N-ethyl adjacent to an activating group) is 1.